The van der Waals surface area contributed by atoms with E-state index in [9.17, 15) is 26.0 Å². The van der Waals surface area contributed by atoms with Crippen LogP contribution in [0, 0.1) is 0 Å². The predicted octanol–water partition coefficient (Wildman–Crippen LogP) is 1.12. The van der Waals surface area contributed by atoms with Crippen molar-refractivity contribution in [1.29, 1.82) is 0 Å². The van der Waals surface area contributed by atoms with Gasteiger partial charge in [0, 0.05) is 0 Å². The standard InChI is InChI=1S/C5H8F4O8S2/c6-4(7,18-17-16-10)1-14-3-15-2-5(8,9)19(11,12)13/h10H,1-3H2,(H,11,12,13). The lowest BCUT2D eigenvalue weighted by Gasteiger charge is -2.15. The monoisotopic (exact) mass is 336 g/mol. The van der Waals surface area contributed by atoms with E-state index >= 15 is 0 Å². The average Bonchev–Trinajstić information content (AvgIpc) is 2.24. The lowest BCUT2D eigenvalue weighted by molar-refractivity contribution is -0.433. The molecule has 0 aliphatic carbocycles. The number of halogens is 4. The molecule has 0 unspecified atom stereocenters. The Balaban J connectivity index is 3.88. The molecule has 0 saturated heterocycles. The van der Waals surface area contributed by atoms with E-state index in [2.05, 4.69) is 18.8 Å². The zero-order valence-corrected chi connectivity index (χ0v) is 10.4. The van der Waals surface area contributed by atoms with Crippen LogP contribution in [0.25, 0.3) is 0 Å². The summed E-state index contributed by atoms with van der Waals surface area (Å²) < 4.78 is 90.0. The van der Waals surface area contributed by atoms with Crippen LogP contribution in [0.1, 0.15) is 0 Å². The number of alkyl halides is 4. The molecule has 0 atom stereocenters. The fourth-order valence-corrected chi connectivity index (χ4v) is 1.04. The largest absolute Gasteiger partial charge is 0.392 e. The maximum atomic E-state index is 12.6. The van der Waals surface area contributed by atoms with E-state index in [4.69, 9.17) is 9.81 Å². The topological polar surface area (TPSA) is 112 Å². The summed E-state index contributed by atoms with van der Waals surface area (Å²) in [7, 11) is -5.66. The lowest BCUT2D eigenvalue weighted by atomic mass is 10.7. The van der Waals surface area contributed by atoms with Gasteiger partial charge in [-0.25, -0.2) is 5.26 Å². The molecule has 0 rings (SSSR count). The van der Waals surface area contributed by atoms with E-state index in [1.165, 1.54) is 0 Å². The Kier molecular flexibility index (Phi) is 7.45. The smallest absolute Gasteiger partial charge is 0.348 e. The molecule has 0 heterocycles. The summed E-state index contributed by atoms with van der Waals surface area (Å²) >= 11 is -0.624. The summed E-state index contributed by atoms with van der Waals surface area (Å²) in [6.07, 6.45) is 0. The minimum Gasteiger partial charge on any atom is -0.348 e. The van der Waals surface area contributed by atoms with Crippen LogP contribution in [0.15, 0.2) is 0 Å². The summed E-state index contributed by atoms with van der Waals surface area (Å²) in [5.41, 5.74) is 0. The Morgan fingerprint density at radius 3 is 2.11 bits per heavy atom. The number of hydrogen-bond acceptors (Lipinski definition) is 8. The van der Waals surface area contributed by atoms with Crippen molar-refractivity contribution in [2.75, 3.05) is 20.0 Å². The van der Waals surface area contributed by atoms with Gasteiger partial charge in [0.25, 0.3) is 0 Å². The van der Waals surface area contributed by atoms with E-state index in [0.29, 0.717) is 0 Å². The van der Waals surface area contributed by atoms with E-state index in [-0.39, 0.29) is 0 Å². The van der Waals surface area contributed by atoms with Gasteiger partial charge in [-0.05, 0) is 0 Å². The molecule has 0 fully saturated rings. The maximum Gasteiger partial charge on any atom is 0.392 e. The van der Waals surface area contributed by atoms with Crippen LogP contribution in [0.5, 0.6) is 0 Å². The van der Waals surface area contributed by atoms with E-state index in [1.54, 1.807) is 0 Å². The molecule has 2 N–H and O–H groups in total. The Hall–Kier alpha value is -0.220. The summed E-state index contributed by atoms with van der Waals surface area (Å²) in [6.45, 7) is -4.24. The molecule has 0 spiro atoms. The summed E-state index contributed by atoms with van der Waals surface area (Å²) in [5.74, 6) is 0. The number of ether oxygens (including phenoxy) is 2. The van der Waals surface area contributed by atoms with Crippen LogP contribution in [-0.4, -0.2) is 48.7 Å². The van der Waals surface area contributed by atoms with Gasteiger partial charge in [-0.1, -0.05) is 5.04 Å². The summed E-state index contributed by atoms with van der Waals surface area (Å²) in [4.78, 5) is 0. The van der Waals surface area contributed by atoms with Crippen LogP contribution in [0.3, 0.4) is 0 Å². The number of hydrogen-bond donors (Lipinski definition) is 2. The van der Waals surface area contributed by atoms with Crippen LogP contribution in [0.2, 0.25) is 0 Å². The number of rotatable bonds is 10. The zero-order valence-electron chi connectivity index (χ0n) is 8.79. The average molecular weight is 336 g/mol. The van der Waals surface area contributed by atoms with Crippen LogP contribution < -0.4 is 0 Å². The summed E-state index contributed by atoms with van der Waals surface area (Å²) in [5, 5.41) is 2.22. The van der Waals surface area contributed by atoms with Crippen molar-refractivity contribution in [3.63, 3.8) is 0 Å². The molecule has 0 saturated carbocycles. The quantitative estimate of drug-likeness (QED) is 0.115. The molecule has 0 aliphatic rings. The molecule has 0 amide bonds. The van der Waals surface area contributed by atoms with Crippen molar-refractivity contribution >= 4 is 22.2 Å². The fourth-order valence-electron chi connectivity index (χ4n) is 0.543. The van der Waals surface area contributed by atoms with E-state index in [0.717, 1.165) is 0 Å². The highest BCUT2D eigenvalue weighted by Gasteiger charge is 2.44. The minimum absolute atomic E-state index is 0.624. The van der Waals surface area contributed by atoms with Gasteiger partial charge in [0.05, 0.1) is 0 Å². The second kappa shape index (κ2) is 7.53. The molecule has 0 radical (unpaired) electrons. The fraction of sp³-hybridized carbons (Fsp3) is 1.00. The van der Waals surface area contributed by atoms with Gasteiger partial charge < -0.3 is 9.47 Å². The third kappa shape index (κ3) is 7.83. The predicted molar refractivity (Wildman–Crippen MR) is 50.6 cm³/mol. The van der Waals surface area contributed by atoms with Crippen LogP contribution in [0.4, 0.5) is 17.6 Å². The molecular formula is C5H8F4O8S2. The normalized spacial score (nSPS) is 13.8. The Morgan fingerprint density at radius 2 is 1.63 bits per heavy atom. The minimum atomic E-state index is -5.66. The van der Waals surface area contributed by atoms with Crippen molar-refractivity contribution in [2.45, 2.75) is 10.5 Å². The Bertz CT molecular complexity index is 360. The molecule has 0 bridgehead atoms. The molecule has 14 heteroatoms. The van der Waals surface area contributed by atoms with Crippen LogP contribution >= 0.6 is 12.0 Å². The van der Waals surface area contributed by atoms with Gasteiger partial charge in [0.15, 0.2) is 0 Å². The first kappa shape index (κ1) is 18.8. The molecule has 0 aliphatic heterocycles. The maximum absolute atomic E-state index is 12.6. The van der Waals surface area contributed by atoms with Crippen molar-refractivity contribution in [3.8, 4) is 0 Å². The Labute approximate surface area is 108 Å². The second-order valence-corrected chi connectivity index (χ2v) is 5.24. The van der Waals surface area contributed by atoms with Crippen molar-refractivity contribution < 1.29 is 54.6 Å². The van der Waals surface area contributed by atoms with E-state index < -0.39 is 52.7 Å². The molecule has 8 nitrogen and oxygen atoms in total. The third-order valence-electron chi connectivity index (χ3n) is 1.27. The molecule has 0 aromatic rings. The molecule has 19 heavy (non-hydrogen) atoms. The van der Waals surface area contributed by atoms with Gasteiger partial charge >= 0.3 is 20.6 Å². The third-order valence-corrected chi connectivity index (χ3v) is 2.63. The van der Waals surface area contributed by atoms with Crippen molar-refractivity contribution in [3.05, 3.63) is 0 Å². The molecule has 116 valence electrons. The van der Waals surface area contributed by atoms with Gasteiger partial charge in [-0.15, -0.1) is 4.33 Å². The van der Waals surface area contributed by atoms with Gasteiger partial charge in [0.2, 0.25) is 0 Å². The SMILES string of the molecule is O=S(=O)(O)C(F)(F)COCOCC(F)(F)SOOO. The van der Waals surface area contributed by atoms with Crippen molar-refractivity contribution in [2.24, 2.45) is 0 Å². The second-order valence-electron chi connectivity index (χ2n) is 2.79. The van der Waals surface area contributed by atoms with E-state index in [1.807, 2.05) is 0 Å². The van der Waals surface area contributed by atoms with Crippen molar-refractivity contribution in [1.82, 2.24) is 0 Å². The summed E-state index contributed by atoms with van der Waals surface area (Å²) in [6, 6.07) is 0. The first-order chi connectivity index (χ1) is 8.52. The first-order valence-corrected chi connectivity index (χ1v) is 6.24. The first-order valence-electron chi connectivity index (χ1n) is 4.06. The van der Waals surface area contributed by atoms with Crippen LogP contribution in [-0.2, 0) is 29.0 Å². The molecule has 0 aromatic carbocycles. The highest BCUT2D eigenvalue weighted by atomic mass is 32.2. The molecule has 0 aromatic heterocycles. The Morgan fingerprint density at radius 1 is 1.11 bits per heavy atom. The highest BCUT2D eigenvalue weighted by molar-refractivity contribution is 7.95. The van der Waals surface area contributed by atoms with Gasteiger partial charge in [-0.2, -0.15) is 26.0 Å². The van der Waals surface area contributed by atoms with Gasteiger partial charge in [-0.3, -0.25) is 4.55 Å². The zero-order chi connectivity index (χ0) is 15.2. The molecular weight excluding hydrogens is 328 g/mol. The highest BCUT2D eigenvalue weighted by Crippen LogP contribution is 2.30. The lowest BCUT2D eigenvalue weighted by Crippen LogP contribution is -2.34. The van der Waals surface area contributed by atoms with Gasteiger partial charge in [0.1, 0.15) is 32.0 Å².